The lowest BCUT2D eigenvalue weighted by Gasteiger charge is -2.28. The molecule has 0 aliphatic heterocycles. The highest BCUT2D eigenvalue weighted by atomic mass is 16.5. The summed E-state index contributed by atoms with van der Waals surface area (Å²) in [5, 5.41) is 3.53. The molecule has 3 atom stereocenters. The van der Waals surface area contributed by atoms with E-state index in [0.717, 1.165) is 19.6 Å². The molecular formula is C16H33NO2. The summed E-state index contributed by atoms with van der Waals surface area (Å²) in [6.45, 7) is 6.55. The molecule has 0 heterocycles. The van der Waals surface area contributed by atoms with Crippen LogP contribution in [-0.4, -0.2) is 38.5 Å². The van der Waals surface area contributed by atoms with E-state index in [2.05, 4.69) is 19.2 Å². The molecule has 3 unspecified atom stereocenters. The quantitative estimate of drug-likeness (QED) is 0.617. The van der Waals surface area contributed by atoms with Crippen LogP contribution in [0.3, 0.4) is 0 Å². The second-order valence-electron chi connectivity index (χ2n) is 5.87. The van der Waals surface area contributed by atoms with Gasteiger partial charge in [0.1, 0.15) is 0 Å². The van der Waals surface area contributed by atoms with Gasteiger partial charge >= 0.3 is 0 Å². The SMILES string of the molecule is CCCNC(C)CCCCOC1CCCC(OC)C1. The van der Waals surface area contributed by atoms with E-state index in [4.69, 9.17) is 9.47 Å². The largest absolute Gasteiger partial charge is 0.381 e. The fraction of sp³-hybridized carbons (Fsp3) is 1.00. The zero-order chi connectivity index (χ0) is 13.9. The smallest absolute Gasteiger partial charge is 0.0599 e. The molecule has 0 aromatic rings. The van der Waals surface area contributed by atoms with Crippen LogP contribution in [0.4, 0.5) is 0 Å². The first-order valence-corrected chi connectivity index (χ1v) is 8.14. The first-order valence-electron chi connectivity index (χ1n) is 8.14. The highest BCUT2D eigenvalue weighted by Crippen LogP contribution is 2.23. The molecule has 114 valence electrons. The maximum absolute atomic E-state index is 5.98. The monoisotopic (exact) mass is 271 g/mol. The molecule has 3 nitrogen and oxygen atoms in total. The standard InChI is InChI=1S/C16H33NO2/c1-4-11-17-14(2)8-5-6-12-19-16-10-7-9-15(13-16)18-3/h14-17H,4-13H2,1-3H3. The Hall–Kier alpha value is -0.120. The van der Waals surface area contributed by atoms with Crippen molar-refractivity contribution in [2.45, 2.75) is 83.5 Å². The predicted molar refractivity (Wildman–Crippen MR) is 80.6 cm³/mol. The second-order valence-corrected chi connectivity index (χ2v) is 5.87. The van der Waals surface area contributed by atoms with Crippen LogP contribution in [0.25, 0.3) is 0 Å². The van der Waals surface area contributed by atoms with Gasteiger partial charge in [-0.05, 0) is 64.8 Å². The van der Waals surface area contributed by atoms with E-state index in [1.165, 1.54) is 44.9 Å². The van der Waals surface area contributed by atoms with Crippen molar-refractivity contribution >= 4 is 0 Å². The van der Waals surface area contributed by atoms with Crippen LogP contribution in [0.2, 0.25) is 0 Å². The average Bonchev–Trinajstić information content (AvgIpc) is 2.45. The van der Waals surface area contributed by atoms with Crippen molar-refractivity contribution in [1.82, 2.24) is 5.32 Å². The molecule has 0 aromatic carbocycles. The van der Waals surface area contributed by atoms with E-state index < -0.39 is 0 Å². The van der Waals surface area contributed by atoms with Crippen LogP contribution < -0.4 is 5.32 Å². The van der Waals surface area contributed by atoms with Crippen molar-refractivity contribution in [3.05, 3.63) is 0 Å². The first-order chi connectivity index (χ1) is 9.26. The molecular weight excluding hydrogens is 238 g/mol. The minimum atomic E-state index is 0.428. The molecule has 1 rings (SSSR count). The molecule has 19 heavy (non-hydrogen) atoms. The molecule has 0 bridgehead atoms. The molecule has 0 amide bonds. The Balaban J connectivity index is 1.95. The topological polar surface area (TPSA) is 30.5 Å². The number of hydrogen-bond acceptors (Lipinski definition) is 3. The lowest BCUT2D eigenvalue weighted by Crippen LogP contribution is -2.28. The first kappa shape index (κ1) is 16.9. The van der Waals surface area contributed by atoms with Crippen molar-refractivity contribution in [2.24, 2.45) is 0 Å². The summed E-state index contributed by atoms with van der Waals surface area (Å²) in [6.07, 6.45) is 10.6. The minimum absolute atomic E-state index is 0.428. The molecule has 0 spiro atoms. The number of unbranched alkanes of at least 4 members (excludes halogenated alkanes) is 1. The van der Waals surface area contributed by atoms with Gasteiger partial charge in [0.15, 0.2) is 0 Å². The van der Waals surface area contributed by atoms with E-state index in [9.17, 15) is 0 Å². The fourth-order valence-corrected chi connectivity index (χ4v) is 2.76. The van der Waals surface area contributed by atoms with Gasteiger partial charge in [0.2, 0.25) is 0 Å². The summed E-state index contributed by atoms with van der Waals surface area (Å²) in [7, 11) is 1.82. The van der Waals surface area contributed by atoms with Crippen LogP contribution in [0, 0.1) is 0 Å². The lowest BCUT2D eigenvalue weighted by atomic mass is 9.95. The van der Waals surface area contributed by atoms with Gasteiger partial charge in [0.25, 0.3) is 0 Å². The summed E-state index contributed by atoms with van der Waals surface area (Å²) in [5.41, 5.74) is 0. The summed E-state index contributed by atoms with van der Waals surface area (Å²) >= 11 is 0. The molecule has 1 N–H and O–H groups in total. The third-order valence-electron chi connectivity index (χ3n) is 4.04. The van der Waals surface area contributed by atoms with Gasteiger partial charge in [-0.1, -0.05) is 6.92 Å². The van der Waals surface area contributed by atoms with Gasteiger partial charge in [-0.3, -0.25) is 0 Å². The Labute approximate surface area is 119 Å². The van der Waals surface area contributed by atoms with Gasteiger partial charge in [0, 0.05) is 19.8 Å². The van der Waals surface area contributed by atoms with Crippen LogP contribution in [0.5, 0.6) is 0 Å². The zero-order valence-corrected chi connectivity index (χ0v) is 13.1. The Morgan fingerprint density at radius 2 is 2.00 bits per heavy atom. The molecule has 3 heteroatoms. The maximum Gasteiger partial charge on any atom is 0.0599 e. The van der Waals surface area contributed by atoms with Gasteiger partial charge in [-0.15, -0.1) is 0 Å². The van der Waals surface area contributed by atoms with Crippen molar-refractivity contribution in [2.75, 3.05) is 20.3 Å². The number of ether oxygens (including phenoxy) is 2. The van der Waals surface area contributed by atoms with E-state index in [0.29, 0.717) is 18.2 Å². The van der Waals surface area contributed by atoms with Crippen LogP contribution >= 0.6 is 0 Å². The molecule has 1 fully saturated rings. The Bertz CT molecular complexity index is 211. The van der Waals surface area contributed by atoms with Crippen molar-refractivity contribution in [3.63, 3.8) is 0 Å². The van der Waals surface area contributed by atoms with Gasteiger partial charge in [-0.25, -0.2) is 0 Å². The second kappa shape index (κ2) is 10.6. The third kappa shape index (κ3) is 7.91. The summed E-state index contributed by atoms with van der Waals surface area (Å²) in [4.78, 5) is 0. The van der Waals surface area contributed by atoms with Gasteiger partial charge in [0.05, 0.1) is 12.2 Å². The number of rotatable bonds is 10. The van der Waals surface area contributed by atoms with Crippen molar-refractivity contribution in [1.29, 1.82) is 0 Å². The molecule has 1 aliphatic carbocycles. The summed E-state index contributed by atoms with van der Waals surface area (Å²) in [5.74, 6) is 0. The van der Waals surface area contributed by atoms with Gasteiger partial charge in [-0.2, -0.15) is 0 Å². The normalized spacial score (nSPS) is 25.4. The van der Waals surface area contributed by atoms with Crippen LogP contribution in [0.1, 0.15) is 65.2 Å². The number of methoxy groups -OCH3 is 1. The highest BCUT2D eigenvalue weighted by molar-refractivity contribution is 4.73. The van der Waals surface area contributed by atoms with Crippen molar-refractivity contribution < 1.29 is 9.47 Å². The summed E-state index contributed by atoms with van der Waals surface area (Å²) in [6, 6.07) is 0.646. The van der Waals surface area contributed by atoms with Crippen LogP contribution in [-0.2, 0) is 9.47 Å². The number of hydrogen-bond donors (Lipinski definition) is 1. The van der Waals surface area contributed by atoms with E-state index in [-0.39, 0.29) is 0 Å². The minimum Gasteiger partial charge on any atom is -0.381 e. The zero-order valence-electron chi connectivity index (χ0n) is 13.1. The molecule has 0 saturated heterocycles. The predicted octanol–water partition coefficient (Wildman–Crippen LogP) is 3.52. The van der Waals surface area contributed by atoms with E-state index in [1.54, 1.807) is 0 Å². The Morgan fingerprint density at radius 1 is 1.21 bits per heavy atom. The average molecular weight is 271 g/mol. The lowest BCUT2D eigenvalue weighted by molar-refractivity contribution is -0.0303. The van der Waals surface area contributed by atoms with Crippen LogP contribution in [0.15, 0.2) is 0 Å². The molecule has 1 saturated carbocycles. The molecule has 0 radical (unpaired) electrons. The van der Waals surface area contributed by atoms with Crippen molar-refractivity contribution in [3.8, 4) is 0 Å². The third-order valence-corrected chi connectivity index (χ3v) is 4.04. The molecule has 0 aromatic heterocycles. The van der Waals surface area contributed by atoms with E-state index >= 15 is 0 Å². The number of nitrogens with one attached hydrogen (secondary N) is 1. The Kier molecular flexibility index (Phi) is 9.48. The van der Waals surface area contributed by atoms with Gasteiger partial charge < -0.3 is 14.8 Å². The van der Waals surface area contributed by atoms with E-state index in [1.807, 2.05) is 7.11 Å². The Morgan fingerprint density at radius 3 is 2.74 bits per heavy atom. The molecule has 1 aliphatic rings. The summed E-state index contributed by atoms with van der Waals surface area (Å²) < 4.78 is 11.4. The maximum atomic E-state index is 5.98. The fourth-order valence-electron chi connectivity index (χ4n) is 2.76. The highest BCUT2D eigenvalue weighted by Gasteiger charge is 2.21.